The number of rotatable bonds is 10. The predicted octanol–water partition coefficient (Wildman–Crippen LogP) is 2.91. The van der Waals surface area contributed by atoms with Crippen LogP contribution in [0.3, 0.4) is 0 Å². The number of carbonyl (C=O) groups is 1. The molecule has 9 nitrogen and oxygen atoms in total. The maximum absolute atomic E-state index is 13.2. The van der Waals surface area contributed by atoms with Crippen LogP contribution in [0.2, 0.25) is 0 Å². The molecule has 1 N–H and O–H groups in total. The normalized spacial score (nSPS) is 12.5. The number of fused-ring (bicyclic) bond motifs is 3. The minimum atomic E-state index is -0.392. The van der Waals surface area contributed by atoms with Crippen LogP contribution in [-0.4, -0.2) is 49.0 Å². The summed E-state index contributed by atoms with van der Waals surface area (Å²) in [4.78, 5) is 30.4. The highest BCUT2D eigenvalue weighted by Gasteiger charge is 2.27. The number of aromatic nitrogens is 5. The summed E-state index contributed by atoms with van der Waals surface area (Å²) in [6.07, 6.45) is 4.11. The van der Waals surface area contributed by atoms with Gasteiger partial charge in [-0.05, 0) is 36.1 Å². The number of amides is 1. The molecule has 178 valence electrons. The Labute approximate surface area is 201 Å². The highest BCUT2D eigenvalue weighted by Crippen LogP contribution is 2.29. The molecule has 1 atom stereocenters. The Morgan fingerprint density at radius 1 is 1.18 bits per heavy atom. The molecule has 3 heterocycles. The topological polar surface area (TPSA) is 103 Å². The molecule has 10 heteroatoms. The second-order valence-electron chi connectivity index (χ2n) is 8.30. The van der Waals surface area contributed by atoms with Gasteiger partial charge in [-0.25, -0.2) is 0 Å². The lowest BCUT2D eigenvalue weighted by Crippen LogP contribution is -2.35. The summed E-state index contributed by atoms with van der Waals surface area (Å²) in [5, 5.41) is 12.5. The van der Waals surface area contributed by atoms with E-state index >= 15 is 0 Å². The lowest BCUT2D eigenvalue weighted by atomic mass is 10.1. The molecule has 4 aromatic rings. The van der Waals surface area contributed by atoms with E-state index in [4.69, 9.17) is 4.74 Å². The van der Waals surface area contributed by atoms with Crippen LogP contribution in [0.1, 0.15) is 25.8 Å². The van der Waals surface area contributed by atoms with Crippen molar-refractivity contribution in [1.82, 2.24) is 29.5 Å². The van der Waals surface area contributed by atoms with Gasteiger partial charge < -0.3 is 10.1 Å². The van der Waals surface area contributed by atoms with Gasteiger partial charge in [-0.1, -0.05) is 43.8 Å². The standard InChI is InChI=1S/C24H28N6O3S/c1-16(2)20(21(31)26-15-17-8-6-11-25-14-17)34-24-28-27-23-29(12-7-13-33-3)22(32)18-9-4-5-10-19(18)30(23)24/h4-6,8-11,14,16,20H,7,12-13,15H2,1-3H3,(H,26,31). The molecular formula is C24H28N6O3S. The highest BCUT2D eigenvalue weighted by atomic mass is 32.2. The fraction of sp³-hybridized carbons (Fsp3) is 0.375. The van der Waals surface area contributed by atoms with Crippen molar-refractivity contribution in [2.24, 2.45) is 5.92 Å². The average Bonchev–Trinajstić information content (AvgIpc) is 3.27. The van der Waals surface area contributed by atoms with Crippen LogP contribution in [0.15, 0.2) is 58.7 Å². The van der Waals surface area contributed by atoms with E-state index in [-0.39, 0.29) is 17.4 Å². The molecule has 34 heavy (non-hydrogen) atoms. The number of nitrogens with one attached hydrogen (secondary N) is 1. The molecular weight excluding hydrogens is 452 g/mol. The number of benzene rings is 1. The third-order valence-electron chi connectivity index (χ3n) is 5.49. The first kappa shape index (κ1) is 23.9. The van der Waals surface area contributed by atoms with Gasteiger partial charge in [0.15, 0.2) is 5.16 Å². The summed E-state index contributed by atoms with van der Waals surface area (Å²) in [5.41, 5.74) is 1.54. The molecule has 0 saturated carbocycles. The quantitative estimate of drug-likeness (QED) is 0.275. The molecule has 0 spiro atoms. The van der Waals surface area contributed by atoms with Crippen molar-refractivity contribution in [2.75, 3.05) is 13.7 Å². The van der Waals surface area contributed by atoms with Gasteiger partial charge in [0.1, 0.15) is 0 Å². The molecule has 1 aromatic carbocycles. The molecule has 0 bridgehead atoms. The van der Waals surface area contributed by atoms with E-state index < -0.39 is 5.25 Å². The van der Waals surface area contributed by atoms with E-state index in [9.17, 15) is 9.59 Å². The molecule has 0 aliphatic rings. The predicted molar refractivity (Wildman–Crippen MR) is 132 cm³/mol. The zero-order valence-corrected chi connectivity index (χ0v) is 20.3. The summed E-state index contributed by atoms with van der Waals surface area (Å²) < 4.78 is 8.66. The van der Waals surface area contributed by atoms with Crippen LogP contribution in [0.5, 0.6) is 0 Å². The van der Waals surface area contributed by atoms with Crippen molar-refractivity contribution < 1.29 is 9.53 Å². The minimum absolute atomic E-state index is 0.0464. The summed E-state index contributed by atoms with van der Waals surface area (Å²) >= 11 is 1.36. The Bertz CT molecular complexity index is 1340. The molecule has 4 rings (SSSR count). The second kappa shape index (κ2) is 10.8. The van der Waals surface area contributed by atoms with Gasteiger partial charge in [0, 0.05) is 39.2 Å². The maximum atomic E-state index is 13.2. The maximum Gasteiger partial charge on any atom is 0.262 e. The van der Waals surface area contributed by atoms with Crippen LogP contribution in [0, 0.1) is 5.92 Å². The van der Waals surface area contributed by atoms with E-state index in [1.165, 1.54) is 11.8 Å². The summed E-state index contributed by atoms with van der Waals surface area (Å²) in [7, 11) is 1.63. The fourth-order valence-electron chi connectivity index (χ4n) is 3.78. The van der Waals surface area contributed by atoms with Gasteiger partial charge in [0.25, 0.3) is 5.56 Å². The number of thioether (sulfide) groups is 1. The third kappa shape index (κ3) is 4.97. The van der Waals surface area contributed by atoms with Gasteiger partial charge in [0.05, 0.1) is 16.2 Å². The number of ether oxygens (including phenoxy) is 1. The Morgan fingerprint density at radius 3 is 2.74 bits per heavy atom. The van der Waals surface area contributed by atoms with Gasteiger partial charge in [-0.3, -0.25) is 23.5 Å². The Kier molecular flexibility index (Phi) is 7.59. The molecule has 0 aliphatic carbocycles. The first-order valence-electron chi connectivity index (χ1n) is 11.2. The van der Waals surface area contributed by atoms with Crippen molar-refractivity contribution in [2.45, 2.75) is 43.8 Å². The van der Waals surface area contributed by atoms with Gasteiger partial charge >= 0.3 is 0 Å². The fourth-order valence-corrected chi connectivity index (χ4v) is 4.84. The number of para-hydroxylation sites is 1. The van der Waals surface area contributed by atoms with Crippen LogP contribution in [0.25, 0.3) is 16.7 Å². The third-order valence-corrected chi connectivity index (χ3v) is 6.98. The summed E-state index contributed by atoms with van der Waals surface area (Å²) in [5.74, 6) is 0.420. The average molecular weight is 481 g/mol. The summed E-state index contributed by atoms with van der Waals surface area (Å²) in [6.45, 7) is 5.41. The van der Waals surface area contributed by atoms with E-state index in [0.29, 0.717) is 42.4 Å². The van der Waals surface area contributed by atoms with Crippen molar-refractivity contribution in [3.05, 3.63) is 64.7 Å². The minimum Gasteiger partial charge on any atom is -0.385 e. The SMILES string of the molecule is COCCCn1c(=O)c2ccccc2n2c(SC(C(=O)NCc3cccnc3)C(C)C)nnc12. The Balaban J connectivity index is 1.69. The first-order chi connectivity index (χ1) is 16.5. The molecule has 1 amide bonds. The van der Waals surface area contributed by atoms with E-state index in [0.717, 1.165) is 11.1 Å². The van der Waals surface area contributed by atoms with Crippen LogP contribution >= 0.6 is 11.8 Å². The summed E-state index contributed by atoms with van der Waals surface area (Å²) in [6, 6.07) is 11.2. The molecule has 1 unspecified atom stereocenters. The smallest absolute Gasteiger partial charge is 0.262 e. The van der Waals surface area contributed by atoms with E-state index in [1.54, 1.807) is 30.1 Å². The molecule has 3 aromatic heterocycles. The lowest BCUT2D eigenvalue weighted by molar-refractivity contribution is -0.121. The number of nitrogens with zero attached hydrogens (tertiary/aromatic N) is 5. The lowest BCUT2D eigenvalue weighted by Gasteiger charge is -2.19. The van der Waals surface area contributed by atoms with E-state index in [1.807, 2.05) is 48.6 Å². The Hall–Kier alpha value is -3.24. The van der Waals surface area contributed by atoms with Crippen LogP contribution in [-0.2, 0) is 22.6 Å². The number of carbonyl (C=O) groups excluding carboxylic acids is 1. The van der Waals surface area contributed by atoms with Crippen molar-refractivity contribution in [3.8, 4) is 0 Å². The van der Waals surface area contributed by atoms with E-state index in [2.05, 4.69) is 20.5 Å². The van der Waals surface area contributed by atoms with Crippen LogP contribution < -0.4 is 10.9 Å². The van der Waals surface area contributed by atoms with Gasteiger partial charge in [0.2, 0.25) is 11.7 Å². The van der Waals surface area contributed by atoms with Gasteiger partial charge in [-0.15, -0.1) is 10.2 Å². The number of pyridine rings is 1. The van der Waals surface area contributed by atoms with Gasteiger partial charge in [-0.2, -0.15) is 0 Å². The zero-order valence-electron chi connectivity index (χ0n) is 19.5. The first-order valence-corrected chi connectivity index (χ1v) is 12.1. The monoisotopic (exact) mass is 480 g/mol. The molecule has 0 fully saturated rings. The highest BCUT2D eigenvalue weighted by molar-refractivity contribution is 8.00. The number of hydrogen-bond donors (Lipinski definition) is 1. The van der Waals surface area contributed by atoms with Crippen molar-refractivity contribution in [3.63, 3.8) is 0 Å². The number of hydrogen-bond acceptors (Lipinski definition) is 7. The second-order valence-corrected chi connectivity index (χ2v) is 9.41. The number of methoxy groups -OCH3 is 1. The number of aryl methyl sites for hydroxylation is 1. The van der Waals surface area contributed by atoms with Crippen molar-refractivity contribution >= 4 is 34.3 Å². The molecule has 0 aliphatic heterocycles. The molecule has 0 saturated heterocycles. The zero-order chi connectivity index (χ0) is 24.1. The van der Waals surface area contributed by atoms with Crippen LogP contribution in [0.4, 0.5) is 0 Å². The molecule has 0 radical (unpaired) electrons. The largest absolute Gasteiger partial charge is 0.385 e. The van der Waals surface area contributed by atoms with Crippen molar-refractivity contribution in [1.29, 1.82) is 0 Å². The Morgan fingerprint density at radius 2 is 2.00 bits per heavy atom.